The molecule has 2 aromatic rings. The molecular weight excluding hydrogens is 327 g/mol. The average molecular weight is 334 g/mol. The highest BCUT2D eigenvalue weighted by Gasteiger charge is 2.06. The van der Waals surface area contributed by atoms with Crippen LogP contribution in [-0.2, 0) is 0 Å². The van der Waals surface area contributed by atoms with E-state index in [9.17, 15) is 0 Å². The van der Waals surface area contributed by atoms with E-state index in [1.165, 1.54) is 0 Å². The summed E-state index contributed by atoms with van der Waals surface area (Å²) in [5, 5.41) is 0.784. The fourth-order valence-electron chi connectivity index (χ4n) is 1.23. The van der Waals surface area contributed by atoms with Crippen molar-refractivity contribution in [3.63, 3.8) is 0 Å². The number of hydrogen-bond donors (Lipinski definition) is 0. The SMILES string of the molecule is Cc1cc(Oc2ccc(Cl)cc2Br)nc(Cl)n1. The predicted octanol–water partition coefficient (Wildman–Crippen LogP) is 4.65. The average Bonchev–Trinajstić information content (AvgIpc) is 2.21. The Balaban J connectivity index is 2.31. The van der Waals surface area contributed by atoms with Crippen LogP contribution in [0.2, 0.25) is 10.3 Å². The Morgan fingerprint density at radius 3 is 2.59 bits per heavy atom. The molecule has 17 heavy (non-hydrogen) atoms. The van der Waals surface area contributed by atoms with E-state index >= 15 is 0 Å². The van der Waals surface area contributed by atoms with E-state index in [4.69, 9.17) is 27.9 Å². The zero-order chi connectivity index (χ0) is 12.4. The lowest BCUT2D eigenvalue weighted by Gasteiger charge is -2.07. The van der Waals surface area contributed by atoms with Crippen molar-refractivity contribution in [1.82, 2.24) is 9.97 Å². The molecule has 6 heteroatoms. The monoisotopic (exact) mass is 332 g/mol. The number of halogens is 3. The molecule has 0 fully saturated rings. The lowest BCUT2D eigenvalue weighted by atomic mass is 10.3. The van der Waals surface area contributed by atoms with Gasteiger partial charge in [-0.15, -0.1) is 0 Å². The van der Waals surface area contributed by atoms with E-state index in [1.54, 1.807) is 24.3 Å². The molecule has 0 saturated carbocycles. The van der Waals surface area contributed by atoms with Gasteiger partial charge in [0.05, 0.1) is 4.47 Å². The molecule has 1 heterocycles. The van der Waals surface area contributed by atoms with Gasteiger partial charge in [-0.3, -0.25) is 0 Å². The number of benzene rings is 1. The smallest absolute Gasteiger partial charge is 0.225 e. The highest BCUT2D eigenvalue weighted by molar-refractivity contribution is 9.10. The minimum Gasteiger partial charge on any atom is -0.438 e. The van der Waals surface area contributed by atoms with E-state index in [1.807, 2.05) is 6.92 Å². The number of aryl methyl sites for hydroxylation is 1. The van der Waals surface area contributed by atoms with Crippen molar-refractivity contribution in [2.75, 3.05) is 0 Å². The molecule has 1 aromatic carbocycles. The number of hydrogen-bond acceptors (Lipinski definition) is 3. The summed E-state index contributed by atoms with van der Waals surface area (Å²) in [5.74, 6) is 1.01. The summed E-state index contributed by atoms with van der Waals surface area (Å²) in [6, 6.07) is 6.93. The van der Waals surface area contributed by atoms with E-state index in [0.29, 0.717) is 16.7 Å². The second-order valence-electron chi connectivity index (χ2n) is 3.29. The van der Waals surface area contributed by atoms with E-state index in [0.717, 1.165) is 10.2 Å². The van der Waals surface area contributed by atoms with Crippen molar-refractivity contribution in [2.45, 2.75) is 6.92 Å². The molecule has 0 spiro atoms. The molecule has 0 aliphatic heterocycles. The molecule has 0 radical (unpaired) electrons. The van der Waals surface area contributed by atoms with Gasteiger partial charge in [-0.25, -0.2) is 4.98 Å². The third kappa shape index (κ3) is 3.31. The van der Waals surface area contributed by atoms with Gasteiger partial charge in [0, 0.05) is 16.8 Å². The van der Waals surface area contributed by atoms with Crippen molar-refractivity contribution in [2.24, 2.45) is 0 Å². The maximum atomic E-state index is 5.84. The third-order valence-corrected chi connectivity index (χ3v) is 2.94. The Labute approximate surface area is 117 Å². The van der Waals surface area contributed by atoms with Crippen molar-refractivity contribution < 1.29 is 4.74 Å². The van der Waals surface area contributed by atoms with Gasteiger partial charge in [0.2, 0.25) is 11.2 Å². The quantitative estimate of drug-likeness (QED) is 0.750. The fourth-order valence-corrected chi connectivity index (χ4v) is 2.21. The van der Waals surface area contributed by atoms with Gasteiger partial charge in [-0.2, -0.15) is 4.98 Å². The van der Waals surface area contributed by atoms with Crippen LogP contribution in [0, 0.1) is 6.92 Å². The molecular formula is C11H7BrCl2N2O. The number of aromatic nitrogens is 2. The van der Waals surface area contributed by atoms with Crippen molar-refractivity contribution in [3.05, 3.63) is 44.7 Å². The summed E-state index contributed by atoms with van der Waals surface area (Å²) in [7, 11) is 0. The minimum absolute atomic E-state index is 0.157. The first-order valence-corrected chi connectivity index (χ1v) is 6.23. The summed E-state index contributed by atoms with van der Waals surface area (Å²) < 4.78 is 6.33. The van der Waals surface area contributed by atoms with Gasteiger partial charge >= 0.3 is 0 Å². The first-order chi connectivity index (χ1) is 8.04. The van der Waals surface area contributed by atoms with Crippen LogP contribution in [0.4, 0.5) is 0 Å². The van der Waals surface area contributed by atoms with Gasteiger partial charge in [0.15, 0.2) is 0 Å². The van der Waals surface area contributed by atoms with Crippen LogP contribution in [0.3, 0.4) is 0 Å². The molecule has 0 amide bonds. The summed E-state index contributed by atoms with van der Waals surface area (Å²) in [6.07, 6.45) is 0. The summed E-state index contributed by atoms with van der Waals surface area (Å²) in [6.45, 7) is 1.82. The topological polar surface area (TPSA) is 35.0 Å². The molecule has 2 rings (SSSR count). The van der Waals surface area contributed by atoms with E-state index < -0.39 is 0 Å². The molecule has 0 aliphatic carbocycles. The highest BCUT2D eigenvalue weighted by Crippen LogP contribution is 2.31. The van der Waals surface area contributed by atoms with Crippen LogP contribution < -0.4 is 4.74 Å². The second-order valence-corrected chi connectivity index (χ2v) is 4.92. The van der Waals surface area contributed by atoms with Gasteiger partial charge in [-0.1, -0.05) is 11.6 Å². The maximum Gasteiger partial charge on any atom is 0.225 e. The lowest BCUT2D eigenvalue weighted by molar-refractivity contribution is 0.458. The van der Waals surface area contributed by atoms with E-state index in [-0.39, 0.29) is 5.28 Å². The summed E-state index contributed by atoms with van der Waals surface area (Å²) >= 11 is 14.9. The van der Waals surface area contributed by atoms with Crippen LogP contribution in [0.15, 0.2) is 28.7 Å². The van der Waals surface area contributed by atoms with Crippen LogP contribution in [-0.4, -0.2) is 9.97 Å². The first kappa shape index (κ1) is 12.6. The van der Waals surface area contributed by atoms with Crippen LogP contribution in [0.25, 0.3) is 0 Å². The lowest BCUT2D eigenvalue weighted by Crippen LogP contribution is -1.93. The van der Waals surface area contributed by atoms with Gasteiger partial charge in [-0.05, 0) is 52.7 Å². The van der Waals surface area contributed by atoms with Crippen molar-refractivity contribution >= 4 is 39.1 Å². The molecule has 0 atom stereocenters. The first-order valence-electron chi connectivity index (χ1n) is 4.69. The number of ether oxygens (including phenoxy) is 1. The Kier molecular flexibility index (Phi) is 3.86. The summed E-state index contributed by atoms with van der Waals surface area (Å²) in [4.78, 5) is 7.93. The van der Waals surface area contributed by atoms with Crippen molar-refractivity contribution in [3.8, 4) is 11.6 Å². The van der Waals surface area contributed by atoms with Crippen LogP contribution in [0.5, 0.6) is 11.6 Å². The molecule has 3 nitrogen and oxygen atoms in total. The normalized spacial score (nSPS) is 10.4. The highest BCUT2D eigenvalue weighted by atomic mass is 79.9. The van der Waals surface area contributed by atoms with E-state index in [2.05, 4.69) is 25.9 Å². The Bertz CT molecular complexity index is 543. The summed E-state index contributed by atoms with van der Waals surface area (Å²) in [5.41, 5.74) is 0.741. The Morgan fingerprint density at radius 2 is 1.94 bits per heavy atom. The Morgan fingerprint density at radius 1 is 1.18 bits per heavy atom. The van der Waals surface area contributed by atoms with Crippen LogP contribution in [0.1, 0.15) is 5.69 Å². The standard InChI is InChI=1S/C11H7BrCl2N2O/c1-6-4-10(16-11(14)15-6)17-9-3-2-7(13)5-8(9)12/h2-5H,1H3. The number of rotatable bonds is 2. The Hall–Kier alpha value is -0.840. The zero-order valence-corrected chi connectivity index (χ0v) is 11.8. The predicted molar refractivity (Wildman–Crippen MR) is 71.0 cm³/mol. The van der Waals surface area contributed by atoms with Gasteiger partial charge < -0.3 is 4.74 Å². The molecule has 1 aromatic heterocycles. The fraction of sp³-hybridized carbons (Fsp3) is 0.0909. The molecule has 0 aliphatic rings. The number of nitrogens with zero attached hydrogens (tertiary/aromatic N) is 2. The molecule has 0 N–H and O–H groups in total. The molecule has 0 saturated heterocycles. The van der Waals surface area contributed by atoms with Crippen molar-refractivity contribution in [1.29, 1.82) is 0 Å². The van der Waals surface area contributed by atoms with Crippen LogP contribution >= 0.6 is 39.1 Å². The van der Waals surface area contributed by atoms with Gasteiger partial charge in [0.1, 0.15) is 5.75 Å². The molecule has 88 valence electrons. The largest absolute Gasteiger partial charge is 0.438 e. The maximum absolute atomic E-state index is 5.84. The second kappa shape index (κ2) is 5.21. The van der Waals surface area contributed by atoms with Gasteiger partial charge in [0.25, 0.3) is 0 Å². The zero-order valence-electron chi connectivity index (χ0n) is 8.75. The minimum atomic E-state index is 0.157. The molecule has 0 unspecified atom stereocenters. The third-order valence-electron chi connectivity index (χ3n) is 1.91. The molecule has 0 bridgehead atoms.